The molecule has 0 saturated heterocycles. The normalized spacial score (nSPS) is 22.1. The van der Waals surface area contributed by atoms with Gasteiger partial charge < -0.3 is 0 Å². The molecule has 1 saturated carbocycles. The molecular formula is C22H26. The molecule has 1 spiro atoms. The zero-order chi connectivity index (χ0) is 15.9. The van der Waals surface area contributed by atoms with Crippen LogP contribution < -0.4 is 0 Å². The average molecular weight is 290 g/mol. The van der Waals surface area contributed by atoms with Gasteiger partial charge >= 0.3 is 0 Å². The summed E-state index contributed by atoms with van der Waals surface area (Å²) in [6.07, 6.45) is 1.28. The van der Waals surface area contributed by atoms with Crippen molar-refractivity contribution in [3.8, 4) is 11.1 Å². The quantitative estimate of drug-likeness (QED) is 0.556. The van der Waals surface area contributed by atoms with Gasteiger partial charge in [0, 0.05) is 5.41 Å². The maximum atomic E-state index is 2.46. The topological polar surface area (TPSA) is 0 Å². The lowest BCUT2D eigenvalue weighted by atomic mass is 9.36. The maximum Gasteiger partial charge on any atom is 0.0317 e. The van der Waals surface area contributed by atoms with Gasteiger partial charge in [-0.25, -0.2) is 0 Å². The number of hydrogen-bond donors (Lipinski definition) is 0. The van der Waals surface area contributed by atoms with Crippen LogP contribution in [0.3, 0.4) is 0 Å². The highest BCUT2D eigenvalue weighted by Gasteiger charge is 2.69. The van der Waals surface area contributed by atoms with Crippen molar-refractivity contribution in [2.45, 2.75) is 53.4 Å². The molecule has 0 atom stereocenters. The average Bonchev–Trinajstić information content (AvgIpc) is 2.68. The highest BCUT2D eigenvalue weighted by atomic mass is 14.7. The van der Waals surface area contributed by atoms with Crippen molar-refractivity contribution in [2.75, 3.05) is 0 Å². The Labute approximate surface area is 134 Å². The Kier molecular flexibility index (Phi) is 2.46. The second kappa shape index (κ2) is 3.85. The van der Waals surface area contributed by atoms with Crippen LogP contribution in [-0.2, 0) is 5.41 Å². The Bertz CT molecular complexity index is 722. The van der Waals surface area contributed by atoms with Gasteiger partial charge in [0.2, 0.25) is 0 Å². The molecule has 2 aromatic rings. The van der Waals surface area contributed by atoms with Crippen molar-refractivity contribution >= 4 is 0 Å². The fourth-order valence-corrected chi connectivity index (χ4v) is 6.19. The minimum absolute atomic E-state index is 0.155. The lowest BCUT2D eigenvalue weighted by Crippen LogP contribution is -2.63. The first-order valence-corrected chi connectivity index (χ1v) is 8.43. The van der Waals surface area contributed by atoms with Crippen molar-refractivity contribution in [2.24, 2.45) is 10.8 Å². The van der Waals surface area contributed by atoms with Crippen LogP contribution in [0.2, 0.25) is 0 Å². The molecule has 0 N–H and O–H groups in total. The van der Waals surface area contributed by atoms with Crippen molar-refractivity contribution in [1.82, 2.24) is 0 Å². The van der Waals surface area contributed by atoms with Crippen molar-refractivity contribution in [3.05, 3.63) is 58.7 Å². The summed E-state index contributed by atoms with van der Waals surface area (Å²) in [6.45, 7) is 14.3. The second-order valence-corrected chi connectivity index (χ2v) is 8.79. The van der Waals surface area contributed by atoms with Crippen LogP contribution >= 0.6 is 0 Å². The molecule has 0 heterocycles. The molecule has 0 bridgehead atoms. The molecule has 0 radical (unpaired) electrons. The van der Waals surface area contributed by atoms with Crippen LogP contribution in [0.15, 0.2) is 36.4 Å². The van der Waals surface area contributed by atoms with Gasteiger partial charge in [-0.05, 0) is 53.4 Å². The van der Waals surface area contributed by atoms with E-state index in [1.54, 1.807) is 11.1 Å². The largest absolute Gasteiger partial charge is 0.0587 e. The Balaban J connectivity index is 2.16. The molecule has 0 heteroatoms. The molecule has 1 fully saturated rings. The Morgan fingerprint density at radius 1 is 0.682 bits per heavy atom. The van der Waals surface area contributed by atoms with E-state index in [9.17, 15) is 0 Å². The smallest absolute Gasteiger partial charge is 0.0317 e. The number of aryl methyl sites for hydroxylation is 2. The number of rotatable bonds is 0. The zero-order valence-electron chi connectivity index (χ0n) is 14.7. The standard InChI is InChI=1S/C22H26/c1-14-7-9-16-17-10-8-15(2)12-19(17)22(18(16)11-14)20(3,4)13-21(22,5)6/h7-12H,13H2,1-6H3. The van der Waals surface area contributed by atoms with Crippen LogP contribution in [0.25, 0.3) is 11.1 Å². The number of benzene rings is 2. The summed E-state index contributed by atoms with van der Waals surface area (Å²) in [6, 6.07) is 14.1. The SMILES string of the molecule is Cc1ccc2c(c1)C1(c3cc(C)ccc3-2)C(C)(C)CC1(C)C. The fourth-order valence-electron chi connectivity index (χ4n) is 6.19. The van der Waals surface area contributed by atoms with E-state index in [0.717, 1.165) is 0 Å². The van der Waals surface area contributed by atoms with Gasteiger partial charge in [-0.2, -0.15) is 0 Å². The third kappa shape index (κ3) is 1.35. The van der Waals surface area contributed by atoms with Gasteiger partial charge in [0.1, 0.15) is 0 Å². The molecular weight excluding hydrogens is 264 g/mol. The van der Waals surface area contributed by atoms with Gasteiger partial charge in [0.15, 0.2) is 0 Å². The summed E-state index contributed by atoms with van der Waals surface area (Å²) >= 11 is 0. The van der Waals surface area contributed by atoms with Gasteiger partial charge in [-0.3, -0.25) is 0 Å². The molecule has 0 unspecified atom stereocenters. The third-order valence-electron chi connectivity index (χ3n) is 6.36. The Morgan fingerprint density at radius 3 is 1.45 bits per heavy atom. The summed E-state index contributed by atoms with van der Waals surface area (Å²) in [5.41, 5.74) is 9.56. The molecule has 2 aliphatic carbocycles. The summed E-state index contributed by atoms with van der Waals surface area (Å²) in [4.78, 5) is 0. The van der Waals surface area contributed by atoms with Gasteiger partial charge in [0.25, 0.3) is 0 Å². The van der Waals surface area contributed by atoms with E-state index in [2.05, 4.69) is 77.9 Å². The van der Waals surface area contributed by atoms with Crippen molar-refractivity contribution in [1.29, 1.82) is 0 Å². The first-order valence-electron chi connectivity index (χ1n) is 8.43. The molecule has 2 aliphatic rings. The van der Waals surface area contributed by atoms with E-state index in [4.69, 9.17) is 0 Å². The second-order valence-electron chi connectivity index (χ2n) is 8.79. The van der Waals surface area contributed by atoms with E-state index in [1.807, 2.05) is 0 Å². The van der Waals surface area contributed by atoms with E-state index >= 15 is 0 Å². The maximum absolute atomic E-state index is 2.46. The summed E-state index contributed by atoms with van der Waals surface area (Å²) in [5.74, 6) is 0. The first-order chi connectivity index (χ1) is 10.2. The van der Waals surface area contributed by atoms with Gasteiger partial charge in [0.05, 0.1) is 0 Å². The Morgan fingerprint density at radius 2 is 1.09 bits per heavy atom. The van der Waals surface area contributed by atoms with E-state index < -0.39 is 0 Å². The van der Waals surface area contributed by atoms with E-state index in [-0.39, 0.29) is 5.41 Å². The predicted molar refractivity (Wildman–Crippen MR) is 94.3 cm³/mol. The van der Waals surface area contributed by atoms with Crippen LogP contribution in [0.5, 0.6) is 0 Å². The van der Waals surface area contributed by atoms with Crippen LogP contribution in [0.4, 0.5) is 0 Å². The van der Waals surface area contributed by atoms with Crippen LogP contribution in [-0.4, -0.2) is 0 Å². The summed E-state index contributed by atoms with van der Waals surface area (Å²) < 4.78 is 0. The lowest BCUT2D eigenvalue weighted by Gasteiger charge is -2.67. The van der Waals surface area contributed by atoms with Crippen LogP contribution in [0.1, 0.15) is 56.4 Å². The molecule has 0 nitrogen and oxygen atoms in total. The van der Waals surface area contributed by atoms with Gasteiger partial charge in [-0.1, -0.05) is 75.2 Å². The zero-order valence-corrected chi connectivity index (χ0v) is 14.7. The van der Waals surface area contributed by atoms with Crippen molar-refractivity contribution < 1.29 is 0 Å². The summed E-state index contributed by atoms with van der Waals surface area (Å²) in [7, 11) is 0. The molecule has 22 heavy (non-hydrogen) atoms. The molecule has 4 rings (SSSR count). The molecule has 0 amide bonds. The predicted octanol–water partition coefficient (Wildman–Crippen LogP) is 6.03. The molecule has 0 aromatic heterocycles. The Hall–Kier alpha value is -1.56. The van der Waals surface area contributed by atoms with E-state index in [0.29, 0.717) is 10.8 Å². The minimum Gasteiger partial charge on any atom is -0.0587 e. The highest BCUT2D eigenvalue weighted by molar-refractivity contribution is 5.83. The molecule has 2 aromatic carbocycles. The van der Waals surface area contributed by atoms with E-state index in [1.165, 1.54) is 28.7 Å². The fraction of sp³-hybridized carbons (Fsp3) is 0.455. The van der Waals surface area contributed by atoms with Crippen molar-refractivity contribution in [3.63, 3.8) is 0 Å². The summed E-state index contributed by atoms with van der Waals surface area (Å²) in [5, 5.41) is 0. The highest BCUT2D eigenvalue weighted by Crippen LogP contribution is 2.75. The first kappa shape index (κ1) is 14.1. The third-order valence-corrected chi connectivity index (χ3v) is 6.36. The number of hydrogen-bond acceptors (Lipinski definition) is 0. The molecule has 0 aliphatic heterocycles. The monoisotopic (exact) mass is 290 g/mol. The van der Waals surface area contributed by atoms with Gasteiger partial charge in [-0.15, -0.1) is 0 Å². The minimum atomic E-state index is 0.155. The lowest BCUT2D eigenvalue weighted by molar-refractivity contribution is -0.0858. The van der Waals surface area contributed by atoms with Crippen LogP contribution in [0, 0.1) is 24.7 Å². The molecule has 114 valence electrons. The number of fused-ring (bicyclic) bond motifs is 5.